The van der Waals surface area contributed by atoms with E-state index in [0.29, 0.717) is 16.6 Å². The number of imidazole rings is 1. The van der Waals surface area contributed by atoms with Crippen LogP contribution in [0.15, 0.2) is 53.7 Å². The number of H-pyrrole nitrogens is 1. The summed E-state index contributed by atoms with van der Waals surface area (Å²) in [6.07, 6.45) is 1.80. The number of aromatic amines is 1. The van der Waals surface area contributed by atoms with Crippen molar-refractivity contribution in [3.8, 4) is 0 Å². The average Bonchev–Trinajstić information content (AvgIpc) is 2.91. The number of aryl methyl sites for hydroxylation is 1. The maximum Gasteiger partial charge on any atom is 0.197 e. The van der Waals surface area contributed by atoms with Gasteiger partial charge in [-0.25, -0.2) is 4.98 Å². The Kier molecular flexibility index (Phi) is 4.01. The number of hydrogen-bond donors (Lipinski definition) is 2. The van der Waals surface area contributed by atoms with E-state index in [1.165, 1.54) is 5.56 Å². The lowest BCUT2D eigenvalue weighted by atomic mass is 10.1. The number of rotatable bonds is 5. The molecule has 0 amide bonds. The molecule has 0 spiro atoms. The second-order valence-electron chi connectivity index (χ2n) is 4.96. The van der Waals surface area contributed by atoms with Gasteiger partial charge in [0.05, 0.1) is 21.8 Å². The number of fused-ring (bicyclic) bond motifs is 1. The quantitative estimate of drug-likeness (QED) is 0.712. The normalized spacial score (nSPS) is 12.6. The fourth-order valence-electron chi connectivity index (χ4n) is 2.26. The van der Waals surface area contributed by atoms with Crippen molar-refractivity contribution in [1.29, 1.82) is 0 Å². The Morgan fingerprint density at radius 2 is 1.95 bits per heavy atom. The molecule has 1 atom stereocenters. The minimum Gasteiger partial charge on any atom is -0.399 e. The summed E-state index contributed by atoms with van der Waals surface area (Å²) in [6, 6.07) is 15.7. The molecule has 0 radical (unpaired) electrons. The summed E-state index contributed by atoms with van der Waals surface area (Å²) in [6.45, 7) is 0. The molecule has 0 saturated carbocycles. The first-order valence-corrected chi connectivity index (χ1v) is 8.22. The molecule has 0 bridgehead atoms. The molecule has 0 aliphatic rings. The number of hydrogen-bond acceptors (Lipinski definition) is 3. The maximum absolute atomic E-state index is 12.3. The largest absolute Gasteiger partial charge is 0.399 e. The minimum atomic E-state index is -1.10. The van der Waals surface area contributed by atoms with Crippen LogP contribution in [0.4, 0.5) is 5.69 Å². The zero-order chi connectivity index (χ0) is 14.7. The molecule has 3 aromatic rings. The Morgan fingerprint density at radius 1 is 1.14 bits per heavy atom. The van der Waals surface area contributed by atoms with Crippen molar-refractivity contribution < 1.29 is 4.21 Å². The van der Waals surface area contributed by atoms with Crippen LogP contribution in [0, 0.1) is 0 Å². The van der Waals surface area contributed by atoms with E-state index in [9.17, 15) is 4.21 Å². The molecule has 0 saturated heterocycles. The van der Waals surface area contributed by atoms with Crippen molar-refractivity contribution in [3.05, 3.63) is 54.1 Å². The monoisotopic (exact) mass is 299 g/mol. The van der Waals surface area contributed by atoms with Crippen molar-refractivity contribution in [3.63, 3.8) is 0 Å². The highest BCUT2D eigenvalue weighted by molar-refractivity contribution is 7.84. The van der Waals surface area contributed by atoms with E-state index in [1.807, 2.05) is 30.3 Å². The Labute approximate surface area is 125 Å². The van der Waals surface area contributed by atoms with Crippen LogP contribution < -0.4 is 5.73 Å². The zero-order valence-electron chi connectivity index (χ0n) is 11.6. The Hall–Kier alpha value is -2.14. The summed E-state index contributed by atoms with van der Waals surface area (Å²) in [5.41, 5.74) is 9.31. The molecule has 0 aliphatic heterocycles. The van der Waals surface area contributed by atoms with Crippen molar-refractivity contribution in [2.24, 2.45) is 0 Å². The number of aromatic nitrogens is 2. The van der Waals surface area contributed by atoms with Crippen LogP contribution in [0.25, 0.3) is 11.0 Å². The van der Waals surface area contributed by atoms with E-state index in [-0.39, 0.29) is 0 Å². The van der Waals surface area contributed by atoms with Gasteiger partial charge in [0.25, 0.3) is 0 Å². The average molecular weight is 299 g/mol. The highest BCUT2D eigenvalue weighted by Gasteiger charge is 2.10. The SMILES string of the molecule is Nc1ccc2nc(S(=O)CCCc3ccccc3)[nH]c2c1. The second-order valence-corrected chi connectivity index (χ2v) is 6.44. The van der Waals surface area contributed by atoms with E-state index in [4.69, 9.17) is 5.73 Å². The van der Waals surface area contributed by atoms with Gasteiger partial charge in [-0.1, -0.05) is 30.3 Å². The Balaban J connectivity index is 1.64. The first-order valence-electron chi connectivity index (χ1n) is 6.90. The van der Waals surface area contributed by atoms with Gasteiger partial charge >= 0.3 is 0 Å². The van der Waals surface area contributed by atoms with Gasteiger partial charge in [-0.2, -0.15) is 0 Å². The molecule has 108 valence electrons. The van der Waals surface area contributed by atoms with Crippen LogP contribution in [-0.4, -0.2) is 19.9 Å². The van der Waals surface area contributed by atoms with Crippen LogP contribution in [0.3, 0.4) is 0 Å². The first-order chi connectivity index (χ1) is 10.2. The highest BCUT2D eigenvalue weighted by atomic mass is 32.2. The predicted molar refractivity (Wildman–Crippen MR) is 86.5 cm³/mol. The molecule has 0 aliphatic carbocycles. The fraction of sp³-hybridized carbons (Fsp3) is 0.188. The minimum absolute atomic E-state index is 0.531. The highest BCUT2D eigenvalue weighted by Crippen LogP contribution is 2.17. The molecule has 1 heterocycles. The molecular formula is C16H17N3OS. The van der Waals surface area contributed by atoms with Gasteiger partial charge in [-0.3, -0.25) is 4.21 Å². The number of nitrogens with one attached hydrogen (secondary N) is 1. The van der Waals surface area contributed by atoms with Crippen LogP contribution in [0.2, 0.25) is 0 Å². The lowest BCUT2D eigenvalue weighted by molar-refractivity contribution is 0.675. The van der Waals surface area contributed by atoms with E-state index in [2.05, 4.69) is 22.1 Å². The summed E-state index contributed by atoms with van der Waals surface area (Å²) >= 11 is 0. The summed E-state index contributed by atoms with van der Waals surface area (Å²) in [5.74, 6) is 0.601. The van der Waals surface area contributed by atoms with Crippen LogP contribution in [0.5, 0.6) is 0 Å². The number of benzene rings is 2. The predicted octanol–water partition coefficient (Wildman–Crippen LogP) is 2.89. The van der Waals surface area contributed by atoms with Crippen LogP contribution in [0.1, 0.15) is 12.0 Å². The fourth-order valence-corrected chi connectivity index (χ4v) is 3.28. The van der Waals surface area contributed by atoms with Gasteiger partial charge in [-0.05, 0) is 36.6 Å². The van der Waals surface area contributed by atoms with Crippen molar-refractivity contribution in [2.45, 2.75) is 18.0 Å². The lowest BCUT2D eigenvalue weighted by Crippen LogP contribution is -2.01. The van der Waals surface area contributed by atoms with Gasteiger partial charge in [-0.15, -0.1) is 0 Å². The molecule has 1 aromatic heterocycles. The molecule has 4 nitrogen and oxygen atoms in total. The molecule has 21 heavy (non-hydrogen) atoms. The maximum atomic E-state index is 12.3. The van der Waals surface area contributed by atoms with Crippen LogP contribution >= 0.6 is 0 Å². The lowest BCUT2D eigenvalue weighted by Gasteiger charge is -2.00. The summed E-state index contributed by atoms with van der Waals surface area (Å²) in [4.78, 5) is 7.46. The van der Waals surface area contributed by atoms with Gasteiger partial charge in [0.1, 0.15) is 0 Å². The molecule has 3 N–H and O–H groups in total. The number of nitrogen functional groups attached to an aromatic ring is 1. The molecule has 0 fully saturated rings. The summed E-state index contributed by atoms with van der Waals surface area (Å²) in [5, 5.41) is 0.531. The number of nitrogens with two attached hydrogens (primary N) is 1. The van der Waals surface area contributed by atoms with E-state index in [1.54, 1.807) is 6.07 Å². The number of nitrogens with zero attached hydrogens (tertiary/aromatic N) is 1. The van der Waals surface area contributed by atoms with Crippen molar-refractivity contribution >= 4 is 27.5 Å². The molecule has 3 rings (SSSR count). The third-order valence-corrected chi connectivity index (χ3v) is 4.62. The molecule has 2 aromatic carbocycles. The van der Waals surface area contributed by atoms with E-state index < -0.39 is 10.8 Å². The standard InChI is InChI=1S/C16H17N3OS/c17-13-8-9-14-15(11-13)19-16(18-14)21(20)10-4-7-12-5-2-1-3-6-12/h1-3,5-6,8-9,11H,4,7,10,17H2,(H,18,19). The topological polar surface area (TPSA) is 71.8 Å². The van der Waals surface area contributed by atoms with E-state index >= 15 is 0 Å². The second kappa shape index (κ2) is 6.10. The Morgan fingerprint density at radius 3 is 2.76 bits per heavy atom. The number of anilines is 1. The Bertz CT molecular complexity index is 768. The van der Waals surface area contributed by atoms with Gasteiger partial charge in [0, 0.05) is 11.4 Å². The van der Waals surface area contributed by atoms with E-state index in [0.717, 1.165) is 23.9 Å². The molecule has 5 heteroatoms. The summed E-state index contributed by atoms with van der Waals surface area (Å²) < 4.78 is 12.3. The molecule has 1 unspecified atom stereocenters. The molecular weight excluding hydrogens is 282 g/mol. The third kappa shape index (κ3) is 3.31. The van der Waals surface area contributed by atoms with Gasteiger partial charge in [0.2, 0.25) is 0 Å². The first kappa shape index (κ1) is 13.8. The summed E-state index contributed by atoms with van der Waals surface area (Å²) in [7, 11) is -1.10. The van der Waals surface area contributed by atoms with Gasteiger partial charge in [0.15, 0.2) is 5.16 Å². The van der Waals surface area contributed by atoms with Crippen LogP contribution in [-0.2, 0) is 17.2 Å². The van der Waals surface area contributed by atoms with Crippen molar-refractivity contribution in [1.82, 2.24) is 9.97 Å². The van der Waals surface area contributed by atoms with Gasteiger partial charge < -0.3 is 10.7 Å². The van der Waals surface area contributed by atoms with Crippen molar-refractivity contribution in [2.75, 3.05) is 11.5 Å². The third-order valence-electron chi connectivity index (χ3n) is 3.34. The zero-order valence-corrected chi connectivity index (χ0v) is 12.4. The smallest absolute Gasteiger partial charge is 0.197 e.